The number of halogens is 2. The van der Waals surface area contributed by atoms with Crippen LogP contribution < -0.4 is 0 Å². The summed E-state index contributed by atoms with van der Waals surface area (Å²) >= 11 is 12.3. The summed E-state index contributed by atoms with van der Waals surface area (Å²) in [6.07, 6.45) is 6.14. The van der Waals surface area contributed by atoms with E-state index in [1.54, 1.807) is 6.08 Å². The van der Waals surface area contributed by atoms with Gasteiger partial charge in [0, 0.05) is 16.5 Å². The normalized spacial score (nSPS) is 16.6. The van der Waals surface area contributed by atoms with Crippen LogP contribution >= 0.6 is 23.2 Å². The van der Waals surface area contributed by atoms with Crippen LogP contribution in [0.1, 0.15) is 31.2 Å². The van der Waals surface area contributed by atoms with Crippen LogP contribution in [0.15, 0.2) is 29.8 Å². The van der Waals surface area contributed by atoms with Gasteiger partial charge in [0.05, 0.1) is 0 Å². The highest BCUT2D eigenvalue weighted by Crippen LogP contribution is 2.29. The Morgan fingerprint density at radius 1 is 1.06 bits per heavy atom. The fraction of sp³-hybridized carbons (Fsp3) is 0.357. The molecule has 0 fully saturated rings. The van der Waals surface area contributed by atoms with E-state index in [9.17, 15) is 4.79 Å². The SMILES string of the molecule is O=C1C=C(Cc2c(Cl)cccc2Cl)CCCC1. The standard InChI is InChI=1S/C14H14Cl2O/c15-13-6-3-7-14(16)12(13)9-10-4-1-2-5-11(17)8-10/h3,6-8H,1-2,4-5,9H2. The third kappa shape index (κ3) is 3.34. The molecule has 0 aliphatic heterocycles. The first kappa shape index (κ1) is 12.7. The van der Waals surface area contributed by atoms with Gasteiger partial charge in [0.25, 0.3) is 0 Å². The summed E-state index contributed by atoms with van der Waals surface area (Å²) in [7, 11) is 0. The van der Waals surface area contributed by atoms with Gasteiger partial charge in [0.1, 0.15) is 0 Å². The van der Waals surface area contributed by atoms with Crippen LogP contribution in [0.4, 0.5) is 0 Å². The monoisotopic (exact) mass is 268 g/mol. The summed E-state index contributed by atoms with van der Waals surface area (Å²) in [6, 6.07) is 5.50. The van der Waals surface area contributed by atoms with Gasteiger partial charge in [-0.05, 0) is 49.5 Å². The molecule has 0 bridgehead atoms. The first-order chi connectivity index (χ1) is 8.16. The van der Waals surface area contributed by atoms with Crippen molar-refractivity contribution in [2.24, 2.45) is 0 Å². The molecule has 0 amide bonds. The van der Waals surface area contributed by atoms with Gasteiger partial charge in [0.2, 0.25) is 0 Å². The Labute approximate surface area is 111 Å². The highest BCUT2D eigenvalue weighted by atomic mass is 35.5. The molecule has 0 atom stereocenters. The van der Waals surface area contributed by atoms with Gasteiger partial charge >= 0.3 is 0 Å². The van der Waals surface area contributed by atoms with Gasteiger partial charge in [-0.2, -0.15) is 0 Å². The van der Waals surface area contributed by atoms with E-state index in [4.69, 9.17) is 23.2 Å². The predicted molar refractivity (Wildman–Crippen MR) is 71.7 cm³/mol. The number of ketones is 1. The second-order valence-electron chi connectivity index (χ2n) is 4.35. The third-order valence-corrected chi connectivity index (χ3v) is 3.71. The Morgan fingerprint density at radius 3 is 2.41 bits per heavy atom. The van der Waals surface area contributed by atoms with E-state index in [1.165, 1.54) is 0 Å². The summed E-state index contributed by atoms with van der Waals surface area (Å²) < 4.78 is 0. The molecular weight excluding hydrogens is 255 g/mol. The van der Waals surface area contributed by atoms with Crippen molar-refractivity contribution >= 4 is 29.0 Å². The van der Waals surface area contributed by atoms with Crippen molar-refractivity contribution in [2.75, 3.05) is 0 Å². The lowest BCUT2D eigenvalue weighted by Gasteiger charge is -2.09. The molecule has 0 saturated carbocycles. The van der Waals surface area contributed by atoms with Crippen LogP contribution in [0.25, 0.3) is 0 Å². The van der Waals surface area contributed by atoms with Crippen LogP contribution in [0.3, 0.4) is 0 Å². The number of hydrogen-bond acceptors (Lipinski definition) is 1. The minimum Gasteiger partial charge on any atom is -0.295 e. The van der Waals surface area contributed by atoms with Gasteiger partial charge in [-0.25, -0.2) is 0 Å². The number of hydrogen-bond donors (Lipinski definition) is 0. The van der Waals surface area contributed by atoms with Crippen molar-refractivity contribution in [3.05, 3.63) is 45.5 Å². The molecule has 1 nitrogen and oxygen atoms in total. The molecule has 90 valence electrons. The van der Waals surface area contributed by atoms with Crippen LogP contribution in [-0.4, -0.2) is 5.78 Å². The summed E-state index contributed by atoms with van der Waals surface area (Å²) in [5, 5.41) is 1.35. The van der Waals surface area contributed by atoms with Crippen molar-refractivity contribution < 1.29 is 4.79 Å². The van der Waals surface area contributed by atoms with E-state index in [0.717, 1.165) is 30.4 Å². The van der Waals surface area contributed by atoms with Gasteiger partial charge < -0.3 is 0 Å². The molecular formula is C14H14Cl2O. The van der Waals surface area contributed by atoms with Gasteiger partial charge in [-0.15, -0.1) is 0 Å². The van der Waals surface area contributed by atoms with Crippen molar-refractivity contribution in [3.8, 4) is 0 Å². The Hall–Kier alpha value is -0.790. The molecule has 3 heteroatoms. The molecule has 1 aromatic rings. The minimum atomic E-state index is 0.223. The zero-order valence-corrected chi connectivity index (χ0v) is 11.0. The van der Waals surface area contributed by atoms with E-state index >= 15 is 0 Å². The maximum absolute atomic E-state index is 11.5. The van der Waals surface area contributed by atoms with Gasteiger partial charge in [0.15, 0.2) is 5.78 Å². The largest absolute Gasteiger partial charge is 0.295 e. The van der Waals surface area contributed by atoms with E-state index in [-0.39, 0.29) is 5.78 Å². The average molecular weight is 269 g/mol. The van der Waals surface area contributed by atoms with Crippen LogP contribution in [0.2, 0.25) is 10.0 Å². The molecule has 2 rings (SSSR count). The number of carbonyl (C=O) groups excluding carboxylic acids is 1. The molecule has 1 aliphatic carbocycles. The maximum atomic E-state index is 11.5. The lowest BCUT2D eigenvalue weighted by molar-refractivity contribution is -0.114. The van der Waals surface area contributed by atoms with Crippen LogP contribution in [0, 0.1) is 0 Å². The lowest BCUT2D eigenvalue weighted by Crippen LogP contribution is -1.95. The molecule has 0 aromatic heterocycles. The smallest absolute Gasteiger partial charge is 0.155 e. The fourth-order valence-electron chi connectivity index (χ4n) is 2.09. The van der Waals surface area contributed by atoms with Gasteiger partial charge in [-0.3, -0.25) is 4.79 Å². The zero-order valence-electron chi connectivity index (χ0n) is 9.51. The van der Waals surface area contributed by atoms with Crippen LogP contribution in [0.5, 0.6) is 0 Å². The molecule has 0 spiro atoms. The van der Waals surface area contributed by atoms with Crippen molar-refractivity contribution in [3.63, 3.8) is 0 Å². The minimum absolute atomic E-state index is 0.223. The Balaban J connectivity index is 2.22. The molecule has 0 N–H and O–H groups in total. The predicted octanol–water partition coefficient (Wildman–Crippen LogP) is 4.61. The number of rotatable bonds is 2. The summed E-state index contributed by atoms with van der Waals surface area (Å²) in [5.74, 6) is 0.223. The number of carbonyl (C=O) groups is 1. The second kappa shape index (κ2) is 5.70. The van der Waals surface area contributed by atoms with Crippen molar-refractivity contribution in [1.82, 2.24) is 0 Å². The topological polar surface area (TPSA) is 17.1 Å². The molecule has 1 aliphatic rings. The average Bonchev–Trinajstić information content (AvgIpc) is 2.48. The molecule has 0 unspecified atom stereocenters. The number of allylic oxidation sites excluding steroid dienone is 2. The summed E-state index contributed by atoms with van der Waals surface area (Å²) in [4.78, 5) is 11.5. The van der Waals surface area contributed by atoms with Crippen LogP contribution in [-0.2, 0) is 11.2 Å². The Morgan fingerprint density at radius 2 is 1.71 bits per heavy atom. The Bertz CT molecular complexity index is 443. The van der Waals surface area contributed by atoms with E-state index in [1.807, 2.05) is 18.2 Å². The molecule has 0 saturated heterocycles. The first-order valence-electron chi connectivity index (χ1n) is 5.82. The van der Waals surface area contributed by atoms with E-state index < -0.39 is 0 Å². The molecule has 1 aromatic carbocycles. The molecule has 0 heterocycles. The zero-order chi connectivity index (χ0) is 12.3. The van der Waals surface area contributed by atoms with E-state index in [0.29, 0.717) is 22.9 Å². The third-order valence-electron chi connectivity index (χ3n) is 3.00. The van der Waals surface area contributed by atoms with Crippen molar-refractivity contribution in [2.45, 2.75) is 32.1 Å². The summed E-state index contributed by atoms with van der Waals surface area (Å²) in [5.41, 5.74) is 2.07. The fourth-order valence-corrected chi connectivity index (χ4v) is 2.62. The number of benzene rings is 1. The highest BCUT2D eigenvalue weighted by Gasteiger charge is 2.12. The van der Waals surface area contributed by atoms with E-state index in [2.05, 4.69) is 0 Å². The van der Waals surface area contributed by atoms with Gasteiger partial charge in [-0.1, -0.05) is 34.8 Å². The van der Waals surface area contributed by atoms with Crippen molar-refractivity contribution in [1.29, 1.82) is 0 Å². The summed E-state index contributed by atoms with van der Waals surface area (Å²) in [6.45, 7) is 0. The Kier molecular flexibility index (Phi) is 4.25. The highest BCUT2D eigenvalue weighted by molar-refractivity contribution is 6.36. The lowest BCUT2D eigenvalue weighted by atomic mass is 10.0. The molecule has 17 heavy (non-hydrogen) atoms. The quantitative estimate of drug-likeness (QED) is 0.766. The molecule has 0 radical (unpaired) electrons. The maximum Gasteiger partial charge on any atom is 0.155 e. The second-order valence-corrected chi connectivity index (χ2v) is 5.17. The first-order valence-corrected chi connectivity index (χ1v) is 6.57.